The van der Waals surface area contributed by atoms with Gasteiger partial charge in [0.25, 0.3) is 11.8 Å². The number of carbonyl (C=O) groups excluding carboxylic acids is 2. The van der Waals surface area contributed by atoms with E-state index in [4.69, 9.17) is 11.5 Å². The number of nitrogens with two attached hydrogens (primary N) is 2. The first-order valence-electron chi connectivity index (χ1n) is 4.69. The molecule has 1 aliphatic rings. The van der Waals surface area contributed by atoms with Gasteiger partial charge in [0.05, 0.1) is 5.56 Å². The second-order valence-electron chi connectivity index (χ2n) is 3.63. The zero-order chi connectivity index (χ0) is 11.0. The summed E-state index contributed by atoms with van der Waals surface area (Å²) < 4.78 is 0. The number of nitrogens with zero attached hydrogens (tertiary/aromatic N) is 1. The zero-order valence-electron chi connectivity index (χ0n) is 8.06. The lowest BCUT2D eigenvalue weighted by Crippen LogP contribution is -2.23. The molecule has 1 aromatic heterocycles. The molecule has 0 aromatic carbocycles. The molecule has 1 saturated carbocycles. The van der Waals surface area contributed by atoms with Gasteiger partial charge in [-0.05, 0) is 30.4 Å². The highest BCUT2D eigenvalue weighted by atomic mass is 16.2. The van der Waals surface area contributed by atoms with E-state index in [1.54, 1.807) is 6.07 Å². The molecular formula is C10H11N3O2. The molecule has 0 aliphatic heterocycles. The molecule has 0 spiro atoms. The monoisotopic (exact) mass is 205 g/mol. The van der Waals surface area contributed by atoms with Crippen molar-refractivity contribution in [3.8, 4) is 0 Å². The third-order valence-corrected chi connectivity index (χ3v) is 2.48. The molecule has 2 rings (SSSR count). The fourth-order valence-corrected chi connectivity index (χ4v) is 1.66. The Labute approximate surface area is 86.5 Å². The first-order valence-corrected chi connectivity index (χ1v) is 4.69. The van der Waals surface area contributed by atoms with Crippen LogP contribution in [0.25, 0.3) is 0 Å². The van der Waals surface area contributed by atoms with Crippen LogP contribution in [-0.2, 0) is 0 Å². The lowest BCUT2D eigenvalue weighted by atomic mass is 10.0. The molecule has 5 nitrogen and oxygen atoms in total. The number of hydrogen-bond acceptors (Lipinski definition) is 3. The highest BCUT2D eigenvalue weighted by molar-refractivity contribution is 6.05. The van der Waals surface area contributed by atoms with E-state index < -0.39 is 11.8 Å². The molecule has 15 heavy (non-hydrogen) atoms. The van der Waals surface area contributed by atoms with Crippen LogP contribution in [-0.4, -0.2) is 16.8 Å². The third-order valence-electron chi connectivity index (χ3n) is 2.48. The van der Waals surface area contributed by atoms with Crippen LogP contribution in [0.15, 0.2) is 12.3 Å². The first kappa shape index (κ1) is 9.64. The SMILES string of the molecule is NC(=O)c1nccc(C2CC2)c1C(N)=O. The lowest BCUT2D eigenvalue weighted by molar-refractivity contribution is 0.0962. The fourth-order valence-electron chi connectivity index (χ4n) is 1.66. The van der Waals surface area contributed by atoms with Gasteiger partial charge in [-0.1, -0.05) is 0 Å². The summed E-state index contributed by atoms with van der Waals surface area (Å²) in [6.07, 6.45) is 3.52. The van der Waals surface area contributed by atoms with Crippen molar-refractivity contribution in [1.29, 1.82) is 0 Å². The van der Waals surface area contributed by atoms with Crippen molar-refractivity contribution in [2.45, 2.75) is 18.8 Å². The standard InChI is InChI=1S/C10H11N3O2/c11-9(14)7-6(5-1-2-5)3-4-13-8(7)10(12)15/h3-5H,1-2H2,(H2,11,14)(H2,12,15). The molecule has 1 heterocycles. The lowest BCUT2D eigenvalue weighted by Gasteiger charge is -2.07. The van der Waals surface area contributed by atoms with Gasteiger partial charge in [-0.25, -0.2) is 0 Å². The molecule has 5 heteroatoms. The zero-order valence-corrected chi connectivity index (χ0v) is 8.06. The van der Waals surface area contributed by atoms with E-state index in [0.29, 0.717) is 5.92 Å². The normalized spacial score (nSPS) is 14.9. The van der Waals surface area contributed by atoms with Gasteiger partial charge in [-0.15, -0.1) is 0 Å². The summed E-state index contributed by atoms with van der Waals surface area (Å²) in [6.45, 7) is 0. The van der Waals surface area contributed by atoms with Crippen molar-refractivity contribution in [3.63, 3.8) is 0 Å². The van der Waals surface area contributed by atoms with Crippen molar-refractivity contribution in [2.24, 2.45) is 11.5 Å². The summed E-state index contributed by atoms with van der Waals surface area (Å²) in [4.78, 5) is 26.1. The van der Waals surface area contributed by atoms with Crippen molar-refractivity contribution in [2.75, 3.05) is 0 Å². The van der Waals surface area contributed by atoms with Crippen LogP contribution in [0.3, 0.4) is 0 Å². The topological polar surface area (TPSA) is 99.1 Å². The molecule has 1 fully saturated rings. The molecule has 1 aliphatic carbocycles. The Morgan fingerprint density at radius 3 is 2.40 bits per heavy atom. The van der Waals surface area contributed by atoms with E-state index in [9.17, 15) is 9.59 Å². The summed E-state index contributed by atoms with van der Waals surface area (Å²) in [5.74, 6) is -1.03. The van der Waals surface area contributed by atoms with E-state index in [1.807, 2.05) is 0 Å². The molecule has 0 unspecified atom stereocenters. The number of primary amides is 2. The predicted molar refractivity (Wildman–Crippen MR) is 53.2 cm³/mol. The number of pyridine rings is 1. The maximum atomic E-state index is 11.3. The number of carbonyl (C=O) groups is 2. The second-order valence-corrected chi connectivity index (χ2v) is 3.63. The highest BCUT2D eigenvalue weighted by Gasteiger charge is 2.30. The minimum Gasteiger partial charge on any atom is -0.366 e. The Hall–Kier alpha value is -1.91. The summed E-state index contributed by atoms with van der Waals surface area (Å²) in [7, 11) is 0. The Kier molecular flexibility index (Phi) is 2.15. The van der Waals surface area contributed by atoms with E-state index in [2.05, 4.69) is 4.98 Å². The van der Waals surface area contributed by atoms with E-state index in [0.717, 1.165) is 18.4 Å². The van der Waals surface area contributed by atoms with Gasteiger partial charge in [-0.2, -0.15) is 0 Å². The summed E-state index contributed by atoms with van der Waals surface area (Å²) >= 11 is 0. The van der Waals surface area contributed by atoms with Gasteiger partial charge in [0.15, 0.2) is 0 Å². The van der Waals surface area contributed by atoms with Crippen LogP contribution in [0.1, 0.15) is 45.2 Å². The largest absolute Gasteiger partial charge is 0.366 e. The molecule has 0 saturated heterocycles. The molecule has 1 aromatic rings. The molecular weight excluding hydrogens is 194 g/mol. The van der Waals surface area contributed by atoms with E-state index in [-0.39, 0.29) is 11.3 Å². The number of amides is 2. The average molecular weight is 205 g/mol. The van der Waals surface area contributed by atoms with E-state index >= 15 is 0 Å². The predicted octanol–water partition coefficient (Wildman–Crippen LogP) is 0.157. The average Bonchev–Trinajstić information content (AvgIpc) is 2.99. The Balaban J connectivity index is 2.59. The Bertz CT molecular complexity index is 438. The Morgan fingerprint density at radius 2 is 1.93 bits per heavy atom. The van der Waals surface area contributed by atoms with Crippen molar-refractivity contribution >= 4 is 11.8 Å². The van der Waals surface area contributed by atoms with E-state index in [1.165, 1.54) is 6.20 Å². The quantitative estimate of drug-likeness (QED) is 0.734. The van der Waals surface area contributed by atoms with Crippen LogP contribution in [0.2, 0.25) is 0 Å². The first-order chi connectivity index (χ1) is 7.11. The molecule has 2 amide bonds. The van der Waals surface area contributed by atoms with Crippen molar-refractivity contribution < 1.29 is 9.59 Å². The summed E-state index contributed by atoms with van der Waals surface area (Å²) in [5, 5.41) is 0. The maximum Gasteiger partial charge on any atom is 0.268 e. The number of rotatable bonds is 3. The van der Waals surface area contributed by atoms with Crippen LogP contribution < -0.4 is 11.5 Å². The van der Waals surface area contributed by atoms with Crippen LogP contribution in [0.4, 0.5) is 0 Å². The molecule has 78 valence electrons. The maximum absolute atomic E-state index is 11.3. The summed E-state index contributed by atoms with van der Waals surface area (Å²) in [6, 6.07) is 1.73. The van der Waals surface area contributed by atoms with Crippen LogP contribution in [0.5, 0.6) is 0 Å². The molecule has 0 atom stereocenters. The van der Waals surface area contributed by atoms with Gasteiger partial charge >= 0.3 is 0 Å². The smallest absolute Gasteiger partial charge is 0.268 e. The number of hydrogen-bond donors (Lipinski definition) is 2. The van der Waals surface area contributed by atoms with Crippen molar-refractivity contribution in [1.82, 2.24) is 4.98 Å². The molecule has 0 radical (unpaired) electrons. The fraction of sp³-hybridized carbons (Fsp3) is 0.300. The minimum atomic E-state index is -0.716. The van der Waals surface area contributed by atoms with Gasteiger partial charge in [0, 0.05) is 6.20 Å². The Morgan fingerprint density at radius 1 is 1.27 bits per heavy atom. The van der Waals surface area contributed by atoms with Crippen molar-refractivity contribution in [3.05, 3.63) is 29.1 Å². The highest BCUT2D eigenvalue weighted by Crippen LogP contribution is 2.41. The van der Waals surface area contributed by atoms with Crippen LogP contribution in [0, 0.1) is 0 Å². The summed E-state index contributed by atoms with van der Waals surface area (Å²) in [5.41, 5.74) is 11.3. The van der Waals surface area contributed by atoms with Crippen LogP contribution >= 0.6 is 0 Å². The third kappa shape index (κ3) is 1.68. The second kappa shape index (κ2) is 3.34. The molecule has 4 N–H and O–H groups in total. The van der Waals surface area contributed by atoms with Gasteiger partial charge in [0.2, 0.25) is 0 Å². The van der Waals surface area contributed by atoms with Gasteiger partial charge in [-0.3, -0.25) is 14.6 Å². The number of aromatic nitrogens is 1. The molecule has 0 bridgehead atoms. The van der Waals surface area contributed by atoms with Gasteiger partial charge in [0.1, 0.15) is 5.69 Å². The minimum absolute atomic E-state index is 0.0214. The van der Waals surface area contributed by atoms with Gasteiger partial charge < -0.3 is 11.5 Å².